The second-order valence-corrected chi connectivity index (χ2v) is 8.61. The minimum atomic E-state index is -0.699. The van der Waals surface area contributed by atoms with E-state index in [0.717, 1.165) is 11.3 Å². The summed E-state index contributed by atoms with van der Waals surface area (Å²) in [5, 5.41) is 11.1. The quantitative estimate of drug-likeness (QED) is 0.560. The summed E-state index contributed by atoms with van der Waals surface area (Å²) >= 11 is 0. The number of hydrogen-bond donors (Lipinski definition) is 0. The molecule has 146 valence electrons. The summed E-state index contributed by atoms with van der Waals surface area (Å²) in [5.74, 6) is -1.69. The lowest BCUT2D eigenvalue weighted by molar-refractivity contribution is -0.402. The Morgan fingerprint density at radius 3 is 2.48 bits per heavy atom. The average molecular weight is 390 g/mol. The predicted octanol–water partition coefficient (Wildman–Crippen LogP) is 4.34. The number of benzene rings is 1. The fourth-order valence-electron chi connectivity index (χ4n) is 4.84. The molecule has 0 N–H and O–H groups in total. The van der Waals surface area contributed by atoms with Crippen molar-refractivity contribution in [3.63, 3.8) is 0 Å². The SMILES string of the molecule is CC1(C)CC(=O)C2C(=NC3=C(C(=O)c4ccccc43)[C@@H]2c2ccc([N+](=O)[O-])o2)C1. The van der Waals surface area contributed by atoms with E-state index < -0.39 is 22.6 Å². The van der Waals surface area contributed by atoms with Crippen molar-refractivity contribution >= 4 is 28.9 Å². The topological polar surface area (TPSA) is 103 Å². The highest BCUT2D eigenvalue weighted by molar-refractivity contribution is 6.25. The van der Waals surface area contributed by atoms with Gasteiger partial charge in [-0.1, -0.05) is 38.1 Å². The number of carbonyl (C=O) groups excluding carboxylic acids is 2. The fourth-order valence-corrected chi connectivity index (χ4v) is 4.84. The van der Waals surface area contributed by atoms with Gasteiger partial charge in [-0.2, -0.15) is 0 Å². The van der Waals surface area contributed by atoms with E-state index >= 15 is 0 Å². The Morgan fingerprint density at radius 2 is 1.79 bits per heavy atom. The lowest BCUT2D eigenvalue weighted by atomic mass is 9.64. The number of ketones is 2. The maximum atomic E-state index is 13.2. The maximum Gasteiger partial charge on any atom is 0.433 e. The summed E-state index contributed by atoms with van der Waals surface area (Å²) in [4.78, 5) is 41.7. The van der Waals surface area contributed by atoms with Gasteiger partial charge in [0.2, 0.25) is 0 Å². The number of rotatable bonds is 2. The molecular formula is C22H18N2O5. The Kier molecular flexibility index (Phi) is 3.56. The molecule has 1 unspecified atom stereocenters. The van der Waals surface area contributed by atoms with Crippen molar-refractivity contribution in [2.45, 2.75) is 32.6 Å². The van der Waals surface area contributed by atoms with Crippen LogP contribution in [0.4, 0.5) is 5.88 Å². The summed E-state index contributed by atoms with van der Waals surface area (Å²) in [5.41, 5.74) is 2.73. The molecule has 1 saturated carbocycles. The highest BCUT2D eigenvalue weighted by atomic mass is 16.6. The molecule has 0 saturated heterocycles. The minimum Gasteiger partial charge on any atom is -0.405 e. The van der Waals surface area contributed by atoms with Crippen molar-refractivity contribution in [2.24, 2.45) is 16.3 Å². The number of allylic oxidation sites excluding steroid dienone is 1. The van der Waals surface area contributed by atoms with Crippen LogP contribution in [-0.4, -0.2) is 22.2 Å². The molecule has 7 heteroatoms. The van der Waals surface area contributed by atoms with E-state index in [4.69, 9.17) is 9.41 Å². The number of aliphatic imine (C=N–C) groups is 1. The van der Waals surface area contributed by atoms with Crippen LogP contribution < -0.4 is 0 Å². The van der Waals surface area contributed by atoms with Crippen LogP contribution in [0.15, 0.2) is 51.4 Å². The number of carbonyl (C=O) groups is 2. The molecule has 0 amide bonds. The van der Waals surface area contributed by atoms with E-state index in [1.807, 2.05) is 26.0 Å². The molecule has 2 heterocycles. The first-order chi connectivity index (χ1) is 13.8. The second-order valence-electron chi connectivity index (χ2n) is 8.61. The molecule has 1 aliphatic heterocycles. The zero-order valence-corrected chi connectivity index (χ0v) is 16.0. The van der Waals surface area contributed by atoms with Crippen LogP contribution in [-0.2, 0) is 4.79 Å². The summed E-state index contributed by atoms with van der Waals surface area (Å²) < 4.78 is 5.50. The highest BCUT2D eigenvalue weighted by Crippen LogP contribution is 2.52. The molecule has 0 radical (unpaired) electrons. The Labute approximate surface area is 166 Å². The van der Waals surface area contributed by atoms with Gasteiger partial charge in [0.25, 0.3) is 0 Å². The minimum absolute atomic E-state index is 0.0145. The van der Waals surface area contributed by atoms with E-state index in [1.165, 1.54) is 12.1 Å². The van der Waals surface area contributed by atoms with Crippen molar-refractivity contribution in [1.82, 2.24) is 0 Å². The average Bonchev–Trinajstić information content (AvgIpc) is 3.24. The monoisotopic (exact) mass is 390 g/mol. The smallest absolute Gasteiger partial charge is 0.405 e. The Morgan fingerprint density at radius 1 is 1.07 bits per heavy atom. The molecule has 1 fully saturated rings. The van der Waals surface area contributed by atoms with Crippen molar-refractivity contribution in [3.05, 3.63) is 69.0 Å². The molecule has 2 atom stereocenters. The zero-order valence-electron chi connectivity index (χ0n) is 16.0. The lowest BCUT2D eigenvalue weighted by Gasteiger charge is -2.39. The largest absolute Gasteiger partial charge is 0.433 e. The number of nitrogens with zero attached hydrogens (tertiary/aromatic N) is 2. The first-order valence-electron chi connectivity index (χ1n) is 9.49. The molecule has 1 aromatic heterocycles. The van der Waals surface area contributed by atoms with Crippen molar-refractivity contribution in [3.8, 4) is 0 Å². The van der Waals surface area contributed by atoms with Gasteiger partial charge >= 0.3 is 5.88 Å². The standard InChI is InChI=1S/C22H18N2O5/c1-22(2)9-13-17(14(25)10-22)18(15-7-8-16(29-15)24(27)28)19-20(23-13)11-5-3-4-6-12(11)21(19)26/h3-8,17-18H,9-10H2,1-2H3/t17?,18-/m1/s1. The predicted molar refractivity (Wildman–Crippen MR) is 105 cm³/mol. The van der Waals surface area contributed by atoms with Gasteiger partial charge < -0.3 is 4.42 Å². The van der Waals surface area contributed by atoms with Crippen LogP contribution in [0, 0.1) is 21.4 Å². The third kappa shape index (κ3) is 2.53. The molecule has 29 heavy (non-hydrogen) atoms. The molecule has 0 spiro atoms. The summed E-state index contributed by atoms with van der Waals surface area (Å²) in [6.45, 7) is 4.04. The van der Waals surface area contributed by atoms with Gasteiger partial charge in [-0.25, -0.2) is 0 Å². The first kappa shape index (κ1) is 17.7. The van der Waals surface area contributed by atoms with E-state index in [0.29, 0.717) is 29.7 Å². The summed E-state index contributed by atoms with van der Waals surface area (Å²) in [7, 11) is 0. The molecule has 2 aliphatic carbocycles. The van der Waals surface area contributed by atoms with Gasteiger partial charge in [0.1, 0.15) is 16.5 Å². The molecular weight excluding hydrogens is 372 g/mol. The normalized spacial score (nSPS) is 24.7. The Hall–Kier alpha value is -3.35. The number of furan rings is 1. The number of fused-ring (bicyclic) bond motifs is 3. The summed E-state index contributed by atoms with van der Waals surface area (Å²) in [6.07, 6.45) is 0.982. The van der Waals surface area contributed by atoms with Crippen molar-refractivity contribution < 1.29 is 18.9 Å². The van der Waals surface area contributed by atoms with Gasteiger partial charge in [0.05, 0.1) is 23.6 Å². The van der Waals surface area contributed by atoms with E-state index in [2.05, 4.69) is 0 Å². The van der Waals surface area contributed by atoms with E-state index in [-0.39, 0.29) is 22.7 Å². The van der Waals surface area contributed by atoms with Crippen LogP contribution in [0.3, 0.4) is 0 Å². The van der Waals surface area contributed by atoms with E-state index in [1.54, 1.807) is 12.1 Å². The van der Waals surface area contributed by atoms with Crippen LogP contribution in [0.2, 0.25) is 0 Å². The van der Waals surface area contributed by atoms with E-state index in [9.17, 15) is 19.7 Å². The molecule has 7 nitrogen and oxygen atoms in total. The molecule has 0 bridgehead atoms. The number of nitro groups is 1. The summed E-state index contributed by atoms with van der Waals surface area (Å²) in [6, 6.07) is 9.99. The molecule has 1 aromatic carbocycles. The third-order valence-corrected chi connectivity index (χ3v) is 5.94. The van der Waals surface area contributed by atoms with Crippen molar-refractivity contribution in [2.75, 3.05) is 0 Å². The number of hydrogen-bond acceptors (Lipinski definition) is 6. The van der Waals surface area contributed by atoms with Crippen LogP contribution in [0.5, 0.6) is 0 Å². The van der Waals surface area contributed by atoms with Crippen LogP contribution in [0.1, 0.15) is 54.3 Å². The Balaban J connectivity index is 1.74. The Bertz CT molecular complexity index is 1170. The van der Waals surface area contributed by atoms with Crippen LogP contribution >= 0.6 is 0 Å². The first-order valence-corrected chi connectivity index (χ1v) is 9.49. The third-order valence-electron chi connectivity index (χ3n) is 5.94. The second kappa shape index (κ2) is 5.83. The van der Waals surface area contributed by atoms with Crippen LogP contribution in [0.25, 0.3) is 5.70 Å². The maximum absolute atomic E-state index is 13.2. The molecule has 5 rings (SSSR count). The fraction of sp³-hybridized carbons (Fsp3) is 0.318. The van der Waals surface area contributed by atoms with Gasteiger partial charge in [-0.3, -0.25) is 24.7 Å². The lowest BCUT2D eigenvalue weighted by Crippen LogP contribution is -2.43. The van der Waals surface area contributed by atoms with Gasteiger partial charge in [-0.15, -0.1) is 0 Å². The van der Waals surface area contributed by atoms with Gasteiger partial charge in [0, 0.05) is 28.8 Å². The van der Waals surface area contributed by atoms with Crippen molar-refractivity contribution in [1.29, 1.82) is 0 Å². The molecule has 3 aliphatic rings. The highest BCUT2D eigenvalue weighted by Gasteiger charge is 2.51. The molecule has 2 aromatic rings. The van der Waals surface area contributed by atoms with Gasteiger partial charge in [-0.05, 0) is 17.9 Å². The number of Topliss-reactive ketones (excluding diaryl/α,β-unsaturated/α-hetero) is 2. The zero-order chi connectivity index (χ0) is 20.5. The van der Waals surface area contributed by atoms with Gasteiger partial charge in [0.15, 0.2) is 5.78 Å².